The Morgan fingerprint density at radius 2 is 1.30 bits per heavy atom. The fourth-order valence-electron chi connectivity index (χ4n) is 4.39. The molecule has 5 heteroatoms. The molecule has 1 aromatic heterocycles. The summed E-state index contributed by atoms with van der Waals surface area (Å²) in [7, 11) is 0. The van der Waals surface area contributed by atoms with Crippen LogP contribution in [-0.4, -0.2) is 60.2 Å². The predicted octanol–water partition coefficient (Wildman–Crippen LogP) is 2.53. The molecule has 0 bridgehead atoms. The number of aromatic nitrogens is 2. The Morgan fingerprint density at radius 3 is 1.96 bits per heavy atom. The van der Waals surface area contributed by atoms with E-state index in [1.807, 2.05) is 0 Å². The molecule has 3 heterocycles. The van der Waals surface area contributed by atoms with Crippen LogP contribution in [-0.2, 0) is 0 Å². The number of hydrogen-bond acceptors (Lipinski definition) is 5. The van der Waals surface area contributed by atoms with Gasteiger partial charge in [0.25, 0.3) is 0 Å². The van der Waals surface area contributed by atoms with E-state index in [-0.39, 0.29) is 0 Å². The second-order valence-electron chi connectivity index (χ2n) is 7.24. The van der Waals surface area contributed by atoms with Gasteiger partial charge in [-0.05, 0) is 25.7 Å². The molecule has 4 rings (SSSR count). The van der Waals surface area contributed by atoms with Gasteiger partial charge in [-0.25, -0.2) is 9.97 Å². The van der Waals surface area contributed by atoms with Crippen LogP contribution in [0.3, 0.4) is 0 Å². The number of piperazine rings is 1. The summed E-state index contributed by atoms with van der Waals surface area (Å²) < 4.78 is 0. The minimum absolute atomic E-state index is 0.844. The average molecular weight is 315 g/mol. The molecule has 2 aliphatic heterocycles. The Hall–Kier alpha value is -1.36. The highest BCUT2D eigenvalue weighted by molar-refractivity contribution is 5.50. The Bertz CT molecular complexity index is 500. The van der Waals surface area contributed by atoms with Crippen molar-refractivity contribution in [1.29, 1.82) is 0 Å². The summed E-state index contributed by atoms with van der Waals surface area (Å²) in [6, 6.07) is 3.04. The molecule has 0 N–H and O–H groups in total. The lowest BCUT2D eigenvalue weighted by Gasteiger charge is -2.41. The fraction of sp³-hybridized carbons (Fsp3) is 0.778. The van der Waals surface area contributed by atoms with Crippen LogP contribution in [0.25, 0.3) is 0 Å². The summed E-state index contributed by atoms with van der Waals surface area (Å²) in [5.74, 6) is 2.23. The molecule has 0 amide bonds. The smallest absolute Gasteiger partial charge is 0.134 e. The first-order valence-electron chi connectivity index (χ1n) is 9.46. The second kappa shape index (κ2) is 7.04. The molecular weight excluding hydrogens is 286 g/mol. The van der Waals surface area contributed by atoms with Crippen molar-refractivity contribution in [3.63, 3.8) is 0 Å². The lowest BCUT2D eigenvalue weighted by Crippen LogP contribution is -2.51. The number of hydrogen-bond donors (Lipinski definition) is 0. The third kappa shape index (κ3) is 3.44. The van der Waals surface area contributed by atoms with Gasteiger partial charge < -0.3 is 9.80 Å². The zero-order valence-corrected chi connectivity index (χ0v) is 14.2. The minimum Gasteiger partial charge on any atom is -0.356 e. The van der Waals surface area contributed by atoms with E-state index >= 15 is 0 Å². The Morgan fingerprint density at radius 1 is 0.696 bits per heavy atom. The normalized spacial score (nSPS) is 24.3. The molecule has 5 nitrogen and oxygen atoms in total. The van der Waals surface area contributed by atoms with Gasteiger partial charge >= 0.3 is 0 Å². The first-order valence-corrected chi connectivity index (χ1v) is 9.46. The van der Waals surface area contributed by atoms with Crippen molar-refractivity contribution in [2.75, 3.05) is 49.1 Å². The Balaban J connectivity index is 1.37. The van der Waals surface area contributed by atoms with Crippen LogP contribution in [0.15, 0.2) is 12.4 Å². The summed E-state index contributed by atoms with van der Waals surface area (Å²) >= 11 is 0. The third-order valence-corrected chi connectivity index (χ3v) is 5.80. The molecule has 1 aromatic rings. The van der Waals surface area contributed by atoms with E-state index in [1.165, 1.54) is 58.0 Å². The van der Waals surface area contributed by atoms with E-state index in [4.69, 9.17) is 0 Å². The zero-order valence-electron chi connectivity index (χ0n) is 14.2. The molecule has 0 radical (unpaired) electrons. The minimum atomic E-state index is 0.844. The topological polar surface area (TPSA) is 35.5 Å². The van der Waals surface area contributed by atoms with Crippen molar-refractivity contribution in [1.82, 2.24) is 14.9 Å². The van der Waals surface area contributed by atoms with Gasteiger partial charge in [-0.2, -0.15) is 0 Å². The van der Waals surface area contributed by atoms with Crippen LogP contribution in [0.2, 0.25) is 0 Å². The van der Waals surface area contributed by atoms with E-state index in [9.17, 15) is 0 Å². The standard InChI is InChI=1S/C18H29N5/c1-2-6-16(7-3-1)21-10-12-23(13-11-21)18-14-17(19-15-20-18)22-8-4-5-9-22/h14-16H,1-13H2. The van der Waals surface area contributed by atoms with E-state index in [2.05, 4.69) is 30.7 Å². The van der Waals surface area contributed by atoms with Gasteiger partial charge in [-0.1, -0.05) is 19.3 Å². The maximum atomic E-state index is 4.54. The maximum absolute atomic E-state index is 4.54. The van der Waals surface area contributed by atoms with Crippen molar-refractivity contribution < 1.29 is 0 Å². The lowest BCUT2D eigenvalue weighted by molar-refractivity contribution is 0.147. The van der Waals surface area contributed by atoms with Crippen molar-refractivity contribution in [3.8, 4) is 0 Å². The second-order valence-corrected chi connectivity index (χ2v) is 7.24. The molecule has 0 aromatic carbocycles. The first kappa shape index (κ1) is 15.2. The molecule has 23 heavy (non-hydrogen) atoms. The zero-order chi connectivity index (χ0) is 15.5. The monoisotopic (exact) mass is 315 g/mol. The van der Waals surface area contributed by atoms with Gasteiger partial charge in [0.15, 0.2) is 0 Å². The molecule has 1 saturated carbocycles. The van der Waals surface area contributed by atoms with Crippen LogP contribution >= 0.6 is 0 Å². The summed E-state index contributed by atoms with van der Waals surface area (Å²) in [6.45, 7) is 6.87. The van der Waals surface area contributed by atoms with Crippen LogP contribution in [0.5, 0.6) is 0 Å². The maximum Gasteiger partial charge on any atom is 0.134 e. The summed E-state index contributed by atoms with van der Waals surface area (Å²) in [6.07, 6.45) is 11.4. The van der Waals surface area contributed by atoms with E-state index < -0.39 is 0 Å². The molecule has 0 unspecified atom stereocenters. The highest BCUT2D eigenvalue weighted by atomic mass is 15.3. The largest absolute Gasteiger partial charge is 0.356 e. The highest BCUT2D eigenvalue weighted by Crippen LogP contribution is 2.26. The van der Waals surface area contributed by atoms with Crippen molar-refractivity contribution >= 4 is 11.6 Å². The van der Waals surface area contributed by atoms with Crippen molar-refractivity contribution in [2.45, 2.75) is 51.0 Å². The SMILES string of the molecule is c1nc(N2CCCC2)cc(N2CCN(C3CCCCC3)CC2)n1. The molecule has 126 valence electrons. The van der Waals surface area contributed by atoms with Crippen LogP contribution < -0.4 is 9.80 Å². The molecule has 2 saturated heterocycles. The van der Waals surface area contributed by atoms with Gasteiger partial charge in [0.2, 0.25) is 0 Å². The molecule has 1 aliphatic carbocycles. The van der Waals surface area contributed by atoms with Crippen LogP contribution in [0.1, 0.15) is 44.9 Å². The number of rotatable bonds is 3. The van der Waals surface area contributed by atoms with Crippen LogP contribution in [0.4, 0.5) is 11.6 Å². The van der Waals surface area contributed by atoms with E-state index in [1.54, 1.807) is 6.33 Å². The third-order valence-electron chi connectivity index (χ3n) is 5.80. The first-order chi connectivity index (χ1) is 11.4. The Labute approximate surface area is 139 Å². The van der Waals surface area contributed by atoms with Crippen molar-refractivity contribution in [2.24, 2.45) is 0 Å². The summed E-state index contributed by atoms with van der Waals surface area (Å²) in [4.78, 5) is 16.6. The molecule has 0 spiro atoms. The van der Waals surface area contributed by atoms with Gasteiger partial charge in [-0.3, -0.25) is 4.90 Å². The molecular formula is C18H29N5. The lowest BCUT2D eigenvalue weighted by atomic mass is 9.94. The predicted molar refractivity (Wildman–Crippen MR) is 94.1 cm³/mol. The fourth-order valence-corrected chi connectivity index (χ4v) is 4.39. The van der Waals surface area contributed by atoms with Crippen molar-refractivity contribution in [3.05, 3.63) is 12.4 Å². The van der Waals surface area contributed by atoms with E-state index in [0.717, 1.165) is 43.9 Å². The highest BCUT2D eigenvalue weighted by Gasteiger charge is 2.26. The molecule has 0 atom stereocenters. The molecule has 3 aliphatic rings. The quantitative estimate of drug-likeness (QED) is 0.856. The molecule has 3 fully saturated rings. The van der Waals surface area contributed by atoms with Gasteiger partial charge in [0, 0.05) is 51.4 Å². The average Bonchev–Trinajstić information content (AvgIpc) is 3.18. The number of nitrogens with zero attached hydrogens (tertiary/aromatic N) is 5. The van der Waals surface area contributed by atoms with Gasteiger partial charge in [-0.15, -0.1) is 0 Å². The van der Waals surface area contributed by atoms with Gasteiger partial charge in [0.1, 0.15) is 18.0 Å². The van der Waals surface area contributed by atoms with Gasteiger partial charge in [0.05, 0.1) is 0 Å². The Kier molecular flexibility index (Phi) is 4.64. The van der Waals surface area contributed by atoms with E-state index in [0.29, 0.717) is 0 Å². The number of anilines is 2. The summed E-state index contributed by atoms with van der Waals surface area (Å²) in [5, 5.41) is 0. The summed E-state index contributed by atoms with van der Waals surface area (Å²) in [5.41, 5.74) is 0. The van der Waals surface area contributed by atoms with Crippen LogP contribution in [0, 0.1) is 0 Å².